The van der Waals surface area contributed by atoms with Gasteiger partial charge in [-0.25, -0.2) is 0 Å². The standard InChI is InChI=1S/C8H18O4Si/c1-9-3-5-11-7-8(13)12-6-4-10-2/h7H,3-6H2,1-2,13H3. The molecule has 0 saturated carbocycles. The van der Waals surface area contributed by atoms with E-state index in [2.05, 4.69) is 0 Å². The van der Waals surface area contributed by atoms with Crippen LogP contribution in [0.25, 0.3) is 0 Å². The smallest absolute Gasteiger partial charge is 0.114 e. The first-order valence-electron chi connectivity index (χ1n) is 4.20. The minimum atomic E-state index is 0.565. The predicted molar refractivity (Wildman–Crippen MR) is 53.7 cm³/mol. The molecule has 0 spiro atoms. The first-order chi connectivity index (χ1) is 6.31. The maximum Gasteiger partial charge on any atom is 0.114 e. The molecular formula is C8H18O4Si. The van der Waals surface area contributed by atoms with Crippen LogP contribution in [0, 0.1) is 0 Å². The summed E-state index contributed by atoms with van der Waals surface area (Å²) in [6.45, 7) is 2.36. The SMILES string of the molecule is COCCOC=C([SiH3])OCCOC. The number of methoxy groups -OCH3 is 2. The molecule has 0 aromatic heterocycles. The summed E-state index contributed by atoms with van der Waals surface area (Å²) in [6.07, 6.45) is 1.64. The van der Waals surface area contributed by atoms with Crippen LogP contribution in [0.15, 0.2) is 11.6 Å². The van der Waals surface area contributed by atoms with Crippen molar-refractivity contribution in [2.45, 2.75) is 0 Å². The van der Waals surface area contributed by atoms with Gasteiger partial charge in [-0.2, -0.15) is 0 Å². The molecule has 0 unspecified atom stereocenters. The molecule has 78 valence electrons. The third kappa shape index (κ3) is 9.39. The van der Waals surface area contributed by atoms with Crippen molar-refractivity contribution in [3.8, 4) is 0 Å². The Hall–Kier alpha value is -0.523. The molecule has 0 aromatic carbocycles. The molecule has 0 bridgehead atoms. The van der Waals surface area contributed by atoms with Crippen molar-refractivity contribution < 1.29 is 18.9 Å². The molecule has 0 aliphatic rings. The Kier molecular flexibility index (Phi) is 9.18. The first kappa shape index (κ1) is 12.5. The van der Waals surface area contributed by atoms with Gasteiger partial charge in [-0.15, -0.1) is 0 Å². The lowest BCUT2D eigenvalue weighted by Crippen LogP contribution is -2.03. The molecule has 0 N–H and O–H groups in total. The Morgan fingerprint density at radius 1 is 1.08 bits per heavy atom. The summed E-state index contributed by atoms with van der Waals surface area (Å²) in [6, 6.07) is 0. The molecule has 0 aliphatic carbocycles. The van der Waals surface area contributed by atoms with Crippen molar-refractivity contribution in [1.29, 1.82) is 0 Å². The second kappa shape index (κ2) is 9.56. The van der Waals surface area contributed by atoms with E-state index in [1.807, 2.05) is 0 Å². The molecule has 5 heteroatoms. The Morgan fingerprint density at radius 3 is 2.31 bits per heavy atom. The summed E-state index contributed by atoms with van der Waals surface area (Å²) in [5, 5.41) is 0.883. The number of hydrogen-bond donors (Lipinski definition) is 0. The molecule has 0 fully saturated rings. The predicted octanol–water partition coefficient (Wildman–Crippen LogP) is -0.523. The maximum atomic E-state index is 5.29. The fourth-order valence-corrected chi connectivity index (χ4v) is 0.999. The van der Waals surface area contributed by atoms with Gasteiger partial charge in [-0.05, 0) is 0 Å². The third-order valence-electron chi connectivity index (χ3n) is 1.27. The molecule has 0 amide bonds. The van der Waals surface area contributed by atoms with Crippen LogP contribution >= 0.6 is 0 Å². The van der Waals surface area contributed by atoms with Crippen LogP contribution in [0.2, 0.25) is 0 Å². The number of ether oxygens (including phenoxy) is 4. The van der Waals surface area contributed by atoms with E-state index in [4.69, 9.17) is 18.9 Å². The van der Waals surface area contributed by atoms with Crippen molar-refractivity contribution >= 4 is 10.2 Å². The van der Waals surface area contributed by atoms with Gasteiger partial charge in [0.25, 0.3) is 0 Å². The van der Waals surface area contributed by atoms with Crippen LogP contribution in [0.4, 0.5) is 0 Å². The average Bonchev–Trinajstić information content (AvgIpc) is 2.13. The van der Waals surface area contributed by atoms with Gasteiger partial charge in [-0.3, -0.25) is 0 Å². The van der Waals surface area contributed by atoms with Gasteiger partial charge in [0.2, 0.25) is 0 Å². The summed E-state index contributed by atoms with van der Waals surface area (Å²) >= 11 is 0. The fraction of sp³-hybridized carbons (Fsp3) is 0.750. The topological polar surface area (TPSA) is 36.9 Å². The van der Waals surface area contributed by atoms with Crippen molar-refractivity contribution in [1.82, 2.24) is 0 Å². The highest BCUT2D eigenvalue weighted by molar-refractivity contribution is 6.20. The van der Waals surface area contributed by atoms with Crippen molar-refractivity contribution in [3.63, 3.8) is 0 Å². The largest absolute Gasteiger partial charge is 0.499 e. The van der Waals surface area contributed by atoms with E-state index >= 15 is 0 Å². The lowest BCUT2D eigenvalue weighted by atomic mass is 10.7. The normalized spacial score (nSPS) is 11.7. The van der Waals surface area contributed by atoms with Gasteiger partial charge in [0.15, 0.2) is 0 Å². The minimum absolute atomic E-state index is 0.565. The molecule has 4 nitrogen and oxygen atoms in total. The molecule has 0 aromatic rings. The molecule has 0 heterocycles. The monoisotopic (exact) mass is 206 g/mol. The van der Waals surface area contributed by atoms with E-state index in [1.54, 1.807) is 20.5 Å². The van der Waals surface area contributed by atoms with Gasteiger partial charge in [0.05, 0.1) is 28.8 Å². The van der Waals surface area contributed by atoms with E-state index in [9.17, 15) is 0 Å². The van der Waals surface area contributed by atoms with Crippen LogP contribution in [-0.4, -0.2) is 50.9 Å². The maximum absolute atomic E-state index is 5.29. The van der Waals surface area contributed by atoms with Gasteiger partial charge in [0, 0.05) is 14.2 Å². The third-order valence-corrected chi connectivity index (χ3v) is 1.80. The molecule has 13 heavy (non-hydrogen) atoms. The zero-order chi connectivity index (χ0) is 9.94. The van der Waals surface area contributed by atoms with E-state index in [1.165, 1.54) is 0 Å². The van der Waals surface area contributed by atoms with Crippen molar-refractivity contribution in [3.05, 3.63) is 11.6 Å². The Labute approximate surface area is 82.2 Å². The van der Waals surface area contributed by atoms with Gasteiger partial charge in [-0.1, -0.05) is 0 Å². The van der Waals surface area contributed by atoms with Crippen LogP contribution in [0.1, 0.15) is 0 Å². The van der Waals surface area contributed by atoms with E-state index in [-0.39, 0.29) is 0 Å². The average molecular weight is 206 g/mol. The van der Waals surface area contributed by atoms with E-state index < -0.39 is 0 Å². The molecular weight excluding hydrogens is 188 g/mol. The zero-order valence-electron chi connectivity index (χ0n) is 8.54. The highest BCUT2D eigenvalue weighted by Gasteiger charge is 1.89. The van der Waals surface area contributed by atoms with Crippen molar-refractivity contribution in [2.24, 2.45) is 0 Å². The van der Waals surface area contributed by atoms with Crippen LogP contribution in [0.3, 0.4) is 0 Å². The molecule has 0 radical (unpaired) electrons. The summed E-state index contributed by atoms with van der Waals surface area (Å²) in [7, 11) is 4.13. The highest BCUT2D eigenvalue weighted by atomic mass is 28.1. The Balaban J connectivity index is 3.29. The summed E-state index contributed by atoms with van der Waals surface area (Å²) in [4.78, 5) is 0. The second-order valence-electron chi connectivity index (χ2n) is 2.43. The quantitative estimate of drug-likeness (QED) is 0.304. The van der Waals surface area contributed by atoms with Gasteiger partial charge < -0.3 is 18.9 Å². The summed E-state index contributed by atoms with van der Waals surface area (Å²) < 4.78 is 20.1. The van der Waals surface area contributed by atoms with Crippen LogP contribution in [0.5, 0.6) is 0 Å². The zero-order valence-corrected chi connectivity index (χ0v) is 10.5. The minimum Gasteiger partial charge on any atom is -0.499 e. The van der Waals surface area contributed by atoms with Gasteiger partial charge in [0.1, 0.15) is 19.5 Å². The molecule has 0 aliphatic heterocycles. The van der Waals surface area contributed by atoms with E-state index in [0.29, 0.717) is 26.4 Å². The lowest BCUT2D eigenvalue weighted by Gasteiger charge is -2.06. The van der Waals surface area contributed by atoms with E-state index in [0.717, 1.165) is 15.6 Å². The lowest BCUT2D eigenvalue weighted by molar-refractivity contribution is 0.101. The van der Waals surface area contributed by atoms with Crippen LogP contribution in [-0.2, 0) is 18.9 Å². The summed E-state index contributed by atoms with van der Waals surface area (Å²) in [5.41, 5.74) is 0. The number of hydrogen-bond acceptors (Lipinski definition) is 4. The molecule has 0 atom stereocenters. The number of rotatable bonds is 8. The van der Waals surface area contributed by atoms with Gasteiger partial charge >= 0.3 is 0 Å². The molecule has 0 saturated heterocycles. The van der Waals surface area contributed by atoms with Crippen molar-refractivity contribution in [2.75, 3.05) is 40.6 Å². The second-order valence-corrected chi connectivity index (χ2v) is 3.42. The Morgan fingerprint density at radius 2 is 1.69 bits per heavy atom. The van der Waals surface area contributed by atoms with Crippen LogP contribution < -0.4 is 0 Å². The fourth-order valence-electron chi connectivity index (χ4n) is 0.628. The molecule has 0 rings (SSSR count). The highest BCUT2D eigenvalue weighted by Crippen LogP contribution is 1.91. The Bertz CT molecular complexity index is 138. The first-order valence-corrected chi connectivity index (χ1v) is 5.20. The summed E-state index contributed by atoms with van der Waals surface area (Å²) in [5.74, 6) is 0.